The molecule has 1 aromatic carbocycles. The Morgan fingerprint density at radius 3 is 2.37 bits per heavy atom. The first-order valence-electron chi connectivity index (χ1n) is 6.52. The van der Waals surface area contributed by atoms with Crippen LogP contribution in [0, 0.1) is 5.82 Å². The molecule has 0 aromatic heterocycles. The van der Waals surface area contributed by atoms with Gasteiger partial charge in [-0.25, -0.2) is 4.39 Å². The first kappa shape index (κ1) is 16.1. The van der Waals surface area contributed by atoms with E-state index >= 15 is 0 Å². The van der Waals surface area contributed by atoms with Gasteiger partial charge in [0.2, 0.25) is 0 Å². The summed E-state index contributed by atoms with van der Waals surface area (Å²) in [5.74, 6) is -0.304. The van der Waals surface area contributed by atoms with Gasteiger partial charge >= 0.3 is 0 Å². The van der Waals surface area contributed by atoms with Gasteiger partial charge in [-0.3, -0.25) is 4.18 Å². The predicted octanol–water partition coefficient (Wildman–Crippen LogP) is 3.47. The Kier molecular flexibility index (Phi) is 6.45. The number of hydrogen-bond donors (Lipinski definition) is 0. The van der Waals surface area contributed by atoms with Crippen molar-refractivity contribution in [3.8, 4) is 0 Å². The van der Waals surface area contributed by atoms with Crippen molar-refractivity contribution >= 4 is 10.1 Å². The summed E-state index contributed by atoms with van der Waals surface area (Å²) < 4.78 is 39.9. The lowest BCUT2D eigenvalue weighted by Gasteiger charge is -2.16. The number of hydrogen-bond acceptors (Lipinski definition) is 3. The molecule has 0 aliphatic heterocycles. The van der Waals surface area contributed by atoms with E-state index in [0.29, 0.717) is 0 Å². The van der Waals surface area contributed by atoms with E-state index in [1.807, 2.05) is 0 Å². The molecular formula is C14H21FO3S. The minimum atomic E-state index is -3.44. The molecule has 0 saturated heterocycles. The van der Waals surface area contributed by atoms with Gasteiger partial charge in [-0.2, -0.15) is 8.42 Å². The van der Waals surface area contributed by atoms with E-state index in [4.69, 9.17) is 4.18 Å². The third-order valence-electron chi connectivity index (χ3n) is 2.98. The van der Waals surface area contributed by atoms with E-state index in [9.17, 15) is 12.8 Å². The SMILES string of the molecule is CCCCCC(COS(C)(=O)=O)c1ccc(F)cc1. The highest BCUT2D eigenvalue weighted by Crippen LogP contribution is 2.23. The van der Waals surface area contributed by atoms with Gasteiger partial charge in [-0.1, -0.05) is 38.3 Å². The summed E-state index contributed by atoms with van der Waals surface area (Å²) in [7, 11) is -3.44. The van der Waals surface area contributed by atoms with Crippen molar-refractivity contribution in [2.24, 2.45) is 0 Å². The van der Waals surface area contributed by atoms with E-state index in [1.165, 1.54) is 12.1 Å². The number of unbranched alkanes of at least 4 members (excludes halogenated alkanes) is 2. The van der Waals surface area contributed by atoms with Crippen LogP contribution < -0.4 is 0 Å². The van der Waals surface area contributed by atoms with Crippen molar-refractivity contribution in [2.45, 2.75) is 38.5 Å². The van der Waals surface area contributed by atoms with E-state index < -0.39 is 10.1 Å². The second-order valence-corrected chi connectivity index (χ2v) is 6.38. The Morgan fingerprint density at radius 2 is 1.84 bits per heavy atom. The van der Waals surface area contributed by atoms with Crippen molar-refractivity contribution in [2.75, 3.05) is 12.9 Å². The van der Waals surface area contributed by atoms with E-state index in [2.05, 4.69) is 6.92 Å². The molecule has 1 aromatic rings. The van der Waals surface area contributed by atoms with Crippen LogP contribution in [0.15, 0.2) is 24.3 Å². The van der Waals surface area contributed by atoms with Crippen LogP contribution in [0.4, 0.5) is 4.39 Å². The summed E-state index contributed by atoms with van der Waals surface area (Å²) in [5.41, 5.74) is 0.918. The van der Waals surface area contributed by atoms with Crippen LogP contribution in [0.5, 0.6) is 0 Å². The summed E-state index contributed by atoms with van der Waals surface area (Å²) in [6, 6.07) is 6.17. The van der Waals surface area contributed by atoms with Gasteiger partial charge in [0.15, 0.2) is 0 Å². The second kappa shape index (κ2) is 7.60. The monoisotopic (exact) mass is 288 g/mol. The molecule has 5 heteroatoms. The quantitative estimate of drug-likeness (QED) is 0.543. The van der Waals surface area contributed by atoms with Crippen LogP contribution in [0.3, 0.4) is 0 Å². The maximum absolute atomic E-state index is 12.9. The molecule has 1 rings (SSSR count). The zero-order valence-corrected chi connectivity index (χ0v) is 12.2. The first-order valence-corrected chi connectivity index (χ1v) is 8.34. The van der Waals surface area contributed by atoms with E-state index in [0.717, 1.165) is 37.5 Å². The molecule has 108 valence electrons. The molecule has 0 aliphatic carbocycles. The molecule has 0 fully saturated rings. The van der Waals surface area contributed by atoms with Gasteiger partial charge < -0.3 is 0 Å². The summed E-state index contributed by atoms with van der Waals surface area (Å²) >= 11 is 0. The average molecular weight is 288 g/mol. The minimum absolute atomic E-state index is 0.0122. The van der Waals surface area contributed by atoms with Gasteiger partial charge in [-0.15, -0.1) is 0 Å². The van der Waals surface area contributed by atoms with Gasteiger partial charge in [0.05, 0.1) is 12.9 Å². The van der Waals surface area contributed by atoms with Crippen LogP contribution in [0.25, 0.3) is 0 Å². The molecule has 0 bridgehead atoms. The van der Waals surface area contributed by atoms with Crippen LogP contribution in [-0.2, 0) is 14.3 Å². The third-order valence-corrected chi connectivity index (χ3v) is 3.55. The Hall–Kier alpha value is -0.940. The fourth-order valence-corrected chi connectivity index (χ4v) is 2.34. The topological polar surface area (TPSA) is 43.4 Å². The Bertz CT molecular complexity index is 468. The lowest BCUT2D eigenvalue weighted by Crippen LogP contribution is -2.12. The highest BCUT2D eigenvalue weighted by molar-refractivity contribution is 7.85. The van der Waals surface area contributed by atoms with E-state index in [-0.39, 0.29) is 18.3 Å². The number of benzene rings is 1. The van der Waals surface area contributed by atoms with Crippen molar-refractivity contribution in [3.05, 3.63) is 35.6 Å². The van der Waals surface area contributed by atoms with E-state index in [1.54, 1.807) is 12.1 Å². The first-order chi connectivity index (χ1) is 8.92. The Morgan fingerprint density at radius 1 is 1.21 bits per heavy atom. The van der Waals surface area contributed by atoms with Gasteiger partial charge in [0.1, 0.15) is 5.82 Å². The minimum Gasteiger partial charge on any atom is -0.270 e. The second-order valence-electron chi connectivity index (χ2n) is 4.73. The number of halogens is 1. The van der Waals surface area contributed by atoms with Crippen molar-refractivity contribution in [3.63, 3.8) is 0 Å². The molecule has 0 N–H and O–H groups in total. The summed E-state index contributed by atoms with van der Waals surface area (Å²) in [6.07, 6.45) is 5.08. The molecule has 0 saturated carbocycles. The third kappa shape index (κ3) is 6.68. The standard InChI is InChI=1S/C14H21FO3S/c1-3-4-5-6-13(11-18-19(2,16)17)12-7-9-14(15)10-8-12/h7-10,13H,3-6,11H2,1-2H3. The highest BCUT2D eigenvalue weighted by Gasteiger charge is 2.14. The average Bonchev–Trinajstić information content (AvgIpc) is 2.34. The van der Waals surface area contributed by atoms with Gasteiger partial charge in [-0.05, 0) is 24.1 Å². The lowest BCUT2D eigenvalue weighted by molar-refractivity contribution is 0.285. The zero-order valence-electron chi connectivity index (χ0n) is 11.4. The molecule has 0 radical (unpaired) electrons. The zero-order chi connectivity index (χ0) is 14.3. The smallest absolute Gasteiger partial charge is 0.264 e. The van der Waals surface area contributed by atoms with Crippen molar-refractivity contribution in [1.29, 1.82) is 0 Å². The summed E-state index contributed by atoms with van der Waals surface area (Å²) in [6.45, 7) is 2.23. The molecule has 0 aliphatic rings. The van der Waals surface area contributed by atoms with Crippen LogP contribution in [-0.4, -0.2) is 21.3 Å². The fraction of sp³-hybridized carbons (Fsp3) is 0.571. The largest absolute Gasteiger partial charge is 0.270 e. The van der Waals surface area contributed by atoms with Gasteiger partial charge in [0.25, 0.3) is 10.1 Å². The Balaban J connectivity index is 2.70. The lowest BCUT2D eigenvalue weighted by atomic mass is 9.94. The molecule has 19 heavy (non-hydrogen) atoms. The summed E-state index contributed by atoms with van der Waals surface area (Å²) in [4.78, 5) is 0. The fourth-order valence-electron chi connectivity index (χ4n) is 1.93. The van der Waals surface area contributed by atoms with Gasteiger partial charge in [0, 0.05) is 5.92 Å². The molecule has 1 unspecified atom stereocenters. The Labute approximate surface area is 114 Å². The molecule has 0 amide bonds. The van der Waals surface area contributed by atoms with Crippen LogP contribution in [0.2, 0.25) is 0 Å². The maximum Gasteiger partial charge on any atom is 0.264 e. The maximum atomic E-state index is 12.9. The molecule has 0 heterocycles. The molecule has 1 atom stereocenters. The van der Waals surface area contributed by atoms with Crippen LogP contribution >= 0.6 is 0 Å². The van der Waals surface area contributed by atoms with Crippen molar-refractivity contribution in [1.82, 2.24) is 0 Å². The number of rotatable bonds is 8. The molecule has 3 nitrogen and oxygen atoms in total. The normalized spacial score (nSPS) is 13.4. The highest BCUT2D eigenvalue weighted by atomic mass is 32.2. The van der Waals surface area contributed by atoms with Crippen LogP contribution in [0.1, 0.15) is 44.1 Å². The molecule has 0 spiro atoms. The van der Waals surface area contributed by atoms with Crippen molar-refractivity contribution < 1.29 is 17.0 Å². The predicted molar refractivity (Wildman–Crippen MR) is 74.1 cm³/mol. The molecular weight excluding hydrogens is 267 g/mol. The summed E-state index contributed by atoms with van der Waals surface area (Å²) in [5, 5.41) is 0.